The van der Waals surface area contributed by atoms with Gasteiger partial charge in [0.25, 0.3) is 5.91 Å². The van der Waals surface area contributed by atoms with Crippen LogP contribution in [-0.4, -0.2) is 43.7 Å². The average molecular weight is 281 g/mol. The number of aryl methyl sites for hydroxylation is 2. The molecule has 0 saturated carbocycles. The first-order valence-corrected chi connectivity index (χ1v) is 6.81. The summed E-state index contributed by atoms with van der Waals surface area (Å²) < 4.78 is 1.63. The lowest BCUT2D eigenvalue weighted by Gasteiger charge is -2.34. The van der Waals surface area contributed by atoms with Crippen molar-refractivity contribution in [3.8, 4) is 0 Å². The SMILES string of the molecule is CCc1cc(C(=O)N(CC(=O)O)C(C)(C)C)n(CC)n1. The molecule has 0 saturated heterocycles. The molecule has 0 bridgehead atoms. The number of aromatic nitrogens is 2. The first-order valence-electron chi connectivity index (χ1n) is 6.81. The maximum Gasteiger partial charge on any atom is 0.323 e. The number of amides is 1. The van der Waals surface area contributed by atoms with E-state index in [4.69, 9.17) is 5.11 Å². The Balaban J connectivity index is 3.18. The molecule has 112 valence electrons. The van der Waals surface area contributed by atoms with Crippen LogP contribution in [0.2, 0.25) is 0 Å². The second kappa shape index (κ2) is 6.07. The zero-order chi connectivity index (χ0) is 15.5. The Morgan fingerprint density at radius 1 is 1.35 bits per heavy atom. The third-order valence-corrected chi connectivity index (χ3v) is 3.06. The van der Waals surface area contributed by atoms with Crippen molar-refractivity contribution >= 4 is 11.9 Å². The lowest BCUT2D eigenvalue weighted by Crippen LogP contribution is -2.48. The minimum atomic E-state index is -1.02. The molecule has 6 heteroatoms. The number of carboxylic acids is 1. The van der Waals surface area contributed by atoms with Gasteiger partial charge in [-0.3, -0.25) is 14.3 Å². The summed E-state index contributed by atoms with van der Waals surface area (Å²) in [6, 6.07) is 1.74. The highest BCUT2D eigenvalue weighted by molar-refractivity contribution is 5.95. The third kappa shape index (κ3) is 3.59. The first-order chi connectivity index (χ1) is 9.20. The predicted molar refractivity (Wildman–Crippen MR) is 75.7 cm³/mol. The summed E-state index contributed by atoms with van der Waals surface area (Å²) in [5, 5.41) is 13.3. The fourth-order valence-electron chi connectivity index (χ4n) is 1.94. The molecule has 6 nitrogen and oxygen atoms in total. The summed E-state index contributed by atoms with van der Waals surface area (Å²) in [4.78, 5) is 25.0. The van der Waals surface area contributed by atoms with Crippen LogP contribution in [-0.2, 0) is 17.8 Å². The van der Waals surface area contributed by atoms with E-state index in [9.17, 15) is 9.59 Å². The second-order valence-corrected chi connectivity index (χ2v) is 5.65. The Morgan fingerprint density at radius 3 is 2.35 bits per heavy atom. The summed E-state index contributed by atoms with van der Waals surface area (Å²) >= 11 is 0. The number of carbonyl (C=O) groups is 2. The van der Waals surface area contributed by atoms with E-state index in [2.05, 4.69) is 5.10 Å². The molecule has 1 aromatic rings. The summed E-state index contributed by atoms with van der Waals surface area (Å²) in [6.07, 6.45) is 0.738. The largest absolute Gasteiger partial charge is 0.480 e. The van der Waals surface area contributed by atoms with Gasteiger partial charge in [-0.1, -0.05) is 6.92 Å². The van der Waals surface area contributed by atoms with Crippen LogP contribution < -0.4 is 0 Å². The Labute approximate surface area is 119 Å². The van der Waals surface area contributed by atoms with Gasteiger partial charge in [-0.15, -0.1) is 0 Å². The van der Waals surface area contributed by atoms with Crippen LogP contribution >= 0.6 is 0 Å². The van der Waals surface area contributed by atoms with E-state index in [0.717, 1.165) is 12.1 Å². The lowest BCUT2D eigenvalue weighted by molar-refractivity contribution is -0.138. The number of rotatable bonds is 5. The molecular weight excluding hydrogens is 258 g/mol. The van der Waals surface area contributed by atoms with Gasteiger partial charge in [0.05, 0.1) is 5.69 Å². The lowest BCUT2D eigenvalue weighted by atomic mass is 10.1. The van der Waals surface area contributed by atoms with E-state index in [1.54, 1.807) is 10.7 Å². The minimum Gasteiger partial charge on any atom is -0.480 e. The number of nitrogens with zero attached hydrogens (tertiary/aromatic N) is 3. The zero-order valence-electron chi connectivity index (χ0n) is 12.8. The zero-order valence-corrected chi connectivity index (χ0v) is 12.8. The van der Waals surface area contributed by atoms with Crippen LogP contribution in [0.4, 0.5) is 0 Å². The highest BCUT2D eigenvalue weighted by atomic mass is 16.4. The van der Waals surface area contributed by atoms with Gasteiger partial charge in [-0.2, -0.15) is 5.10 Å². The van der Waals surface area contributed by atoms with Crippen molar-refractivity contribution in [1.29, 1.82) is 0 Å². The molecule has 0 atom stereocenters. The molecule has 20 heavy (non-hydrogen) atoms. The molecule has 0 aliphatic rings. The molecule has 0 unspecified atom stereocenters. The van der Waals surface area contributed by atoms with Gasteiger partial charge in [0.1, 0.15) is 12.2 Å². The molecule has 0 aliphatic heterocycles. The summed E-state index contributed by atoms with van der Waals surface area (Å²) in [6.45, 7) is 9.59. The van der Waals surface area contributed by atoms with Crippen LogP contribution in [0, 0.1) is 0 Å². The van der Waals surface area contributed by atoms with Crippen molar-refractivity contribution in [2.24, 2.45) is 0 Å². The molecule has 0 radical (unpaired) electrons. The summed E-state index contributed by atoms with van der Waals surface area (Å²) in [5.74, 6) is -1.32. The number of hydrogen-bond donors (Lipinski definition) is 1. The summed E-state index contributed by atoms with van der Waals surface area (Å²) in [7, 11) is 0. The first kappa shape index (κ1) is 16.2. The molecule has 1 aromatic heterocycles. The predicted octanol–water partition coefficient (Wildman–Crippen LogP) is 1.79. The quantitative estimate of drug-likeness (QED) is 0.892. The van der Waals surface area contributed by atoms with Crippen molar-refractivity contribution in [3.63, 3.8) is 0 Å². The van der Waals surface area contributed by atoms with Gasteiger partial charge in [-0.05, 0) is 40.2 Å². The number of carboxylic acid groups (broad SMARTS) is 1. The van der Waals surface area contributed by atoms with E-state index in [1.807, 2.05) is 34.6 Å². The highest BCUT2D eigenvalue weighted by Gasteiger charge is 2.31. The van der Waals surface area contributed by atoms with Gasteiger partial charge in [-0.25, -0.2) is 0 Å². The maximum absolute atomic E-state index is 12.6. The van der Waals surface area contributed by atoms with Gasteiger partial charge in [0.2, 0.25) is 0 Å². The average Bonchev–Trinajstić information content (AvgIpc) is 2.76. The van der Waals surface area contributed by atoms with Crippen LogP contribution in [0.1, 0.15) is 50.8 Å². The van der Waals surface area contributed by atoms with E-state index < -0.39 is 11.5 Å². The van der Waals surface area contributed by atoms with Crippen molar-refractivity contribution < 1.29 is 14.7 Å². The van der Waals surface area contributed by atoms with Crippen molar-refractivity contribution in [3.05, 3.63) is 17.5 Å². The number of hydrogen-bond acceptors (Lipinski definition) is 3. The van der Waals surface area contributed by atoms with Gasteiger partial charge in [0, 0.05) is 12.1 Å². The maximum atomic E-state index is 12.6. The molecule has 1 amide bonds. The van der Waals surface area contributed by atoms with Crippen LogP contribution in [0.25, 0.3) is 0 Å². The van der Waals surface area contributed by atoms with Gasteiger partial charge >= 0.3 is 5.97 Å². The Bertz CT molecular complexity index is 500. The fourth-order valence-corrected chi connectivity index (χ4v) is 1.94. The van der Waals surface area contributed by atoms with Gasteiger partial charge in [0.15, 0.2) is 0 Å². The molecule has 0 fully saturated rings. The smallest absolute Gasteiger partial charge is 0.323 e. The Morgan fingerprint density at radius 2 is 1.95 bits per heavy atom. The molecule has 1 rings (SSSR count). The monoisotopic (exact) mass is 281 g/mol. The fraction of sp³-hybridized carbons (Fsp3) is 0.643. The van der Waals surface area contributed by atoms with E-state index in [1.165, 1.54) is 4.90 Å². The second-order valence-electron chi connectivity index (χ2n) is 5.65. The molecule has 0 aliphatic carbocycles. The molecule has 0 aromatic carbocycles. The molecule has 0 spiro atoms. The van der Waals surface area contributed by atoms with E-state index in [0.29, 0.717) is 12.2 Å². The van der Waals surface area contributed by atoms with E-state index >= 15 is 0 Å². The molecule has 1 N–H and O–H groups in total. The van der Waals surface area contributed by atoms with Crippen molar-refractivity contribution in [2.75, 3.05) is 6.54 Å². The molecule has 1 heterocycles. The van der Waals surface area contributed by atoms with Crippen LogP contribution in [0.15, 0.2) is 6.07 Å². The van der Waals surface area contributed by atoms with Gasteiger partial charge < -0.3 is 10.0 Å². The Kier molecular flexibility index (Phi) is 4.92. The topological polar surface area (TPSA) is 75.4 Å². The molecular formula is C14H23N3O3. The van der Waals surface area contributed by atoms with E-state index in [-0.39, 0.29) is 12.5 Å². The normalized spacial score (nSPS) is 11.4. The minimum absolute atomic E-state index is 0.297. The summed E-state index contributed by atoms with van der Waals surface area (Å²) in [5.41, 5.74) is 0.713. The van der Waals surface area contributed by atoms with Crippen molar-refractivity contribution in [2.45, 2.75) is 53.1 Å². The standard InChI is InChI=1S/C14H23N3O3/c1-6-10-8-11(17(7-2)15-10)13(20)16(9-12(18)19)14(3,4)5/h8H,6-7,9H2,1-5H3,(H,18,19). The number of carbonyl (C=O) groups excluding carboxylic acids is 1. The Hall–Kier alpha value is -1.85. The highest BCUT2D eigenvalue weighted by Crippen LogP contribution is 2.18. The van der Waals surface area contributed by atoms with Crippen LogP contribution in [0.5, 0.6) is 0 Å². The number of aliphatic carboxylic acids is 1. The third-order valence-electron chi connectivity index (χ3n) is 3.06. The van der Waals surface area contributed by atoms with Crippen molar-refractivity contribution in [1.82, 2.24) is 14.7 Å². The van der Waals surface area contributed by atoms with Crippen LogP contribution in [0.3, 0.4) is 0 Å².